The third-order valence-electron chi connectivity index (χ3n) is 2.85. The highest BCUT2D eigenvalue weighted by Gasteiger charge is 2.09. The predicted octanol–water partition coefficient (Wildman–Crippen LogP) is 4.48. The largest absolute Gasteiger partial charge is 0.488 e. The molecule has 3 nitrogen and oxygen atoms in total. The van der Waals surface area contributed by atoms with Crippen LogP contribution in [0.4, 0.5) is 0 Å². The van der Waals surface area contributed by atoms with Crippen molar-refractivity contribution in [2.45, 2.75) is 13.2 Å². The summed E-state index contributed by atoms with van der Waals surface area (Å²) in [5.41, 5.74) is 0.978. The summed E-state index contributed by atoms with van der Waals surface area (Å²) in [7, 11) is 1.69. The van der Waals surface area contributed by atoms with Crippen LogP contribution in [0.25, 0.3) is 0 Å². The molecule has 21 heavy (non-hydrogen) atoms. The Hall–Kier alpha value is -0.590. The number of halogens is 2. The molecule has 0 spiro atoms. The second-order valence-electron chi connectivity index (χ2n) is 4.41. The first-order chi connectivity index (χ1) is 10.2. The Balaban J connectivity index is 1.99. The van der Waals surface area contributed by atoms with Crippen LogP contribution in [0.15, 0.2) is 34.1 Å². The second kappa shape index (κ2) is 8.76. The normalized spacial score (nSPS) is 10.8. The molecule has 0 atom stereocenters. The zero-order valence-corrected chi connectivity index (χ0v) is 14.9. The van der Waals surface area contributed by atoms with E-state index in [9.17, 15) is 0 Å². The summed E-state index contributed by atoms with van der Waals surface area (Å²) < 4.78 is 12.0. The van der Waals surface area contributed by atoms with Gasteiger partial charge in [0.05, 0.1) is 6.61 Å². The van der Waals surface area contributed by atoms with Gasteiger partial charge in [-0.3, -0.25) is 0 Å². The standard InChI is InChI=1S/C15H17BrClNO2S/c1-19-6-5-18-8-13-14(17)3-2-4-15(13)20-9-12-7-11(16)10-21-12/h2-4,7,10,18H,5-6,8-9H2,1H3. The highest BCUT2D eigenvalue weighted by molar-refractivity contribution is 9.10. The van der Waals surface area contributed by atoms with Crippen molar-refractivity contribution in [2.24, 2.45) is 0 Å². The molecule has 1 aromatic heterocycles. The molecule has 0 amide bonds. The van der Waals surface area contributed by atoms with Crippen LogP contribution in [0.1, 0.15) is 10.4 Å². The van der Waals surface area contributed by atoms with Crippen molar-refractivity contribution in [3.8, 4) is 5.75 Å². The minimum atomic E-state index is 0.543. The van der Waals surface area contributed by atoms with Gasteiger partial charge in [-0.05, 0) is 34.1 Å². The molecule has 0 aliphatic rings. The van der Waals surface area contributed by atoms with Crippen LogP contribution in [-0.4, -0.2) is 20.3 Å². The lowest BCUT2D eigenvalue weighted by Gasteiger charge is -2.13. The third-order valence-corrected chi connectivity index (χ3v) is 4.88. The number of thiophene rings is 1. The van der Waals surface area contributed by atoms with Crippen molar-refractivity contribution in [1.29, 1.82) is 0 Å². The molecule has 0 aliphatic heterocycles. The Bertz CT molecular complexity index is 577. The fraction of sp³-hybridized carbons (Fsp3) is 0.333. The summed E-state index contributed by atoms with van der Waals surface area (Å²) in [6.45, 7) is 2.65. The van der Waals surface area contributed by atoms with Gasteiger partial charge in [0.25, 0.3) is 0 Å². The molecule has 0 unspecified atom stereocenters. The molecular weight excluding hydrogens is 374 g/mol. The van der Waals surface area contributed by atoms with Crippen LogP contribution in [0.5, 0.6) is 5.75 Å². The Morgan fingerprint density at radius 1 is 1.38 bits per heavy atom. The maximum atomic E-state index is 6.27. The maximum Gasteiger partial charge on any atom is 0.125 e. The molecule has 6 heteroatoms. The molecule has 2 aromatic rings. The van der Waals surface area contributed by atoms with Gasteiger partial charge in [0, 0.05) is 45.5 Å². The van der Waals surface area contributed by atoms with E-state index in [4.69, 9.17) is 21.1 Å². The smallest absolute Gasteiger partial charge is 0.125 e. The van der Waals surface area contributed by atoms with Gasteiger partial charge < -0.3 is 14.8 Å². The predicted molar refractivity (Wildman–Crippen MR) is 91.4 cm³/mol. The van der Waals surface area contributed by atoms with E-state index in [0.29, 0.717) is 24.8 Å². The van der Waals surface area contributed by atoms with Gasteiger partial charge in [-0.2, -0.15) is 0 Å². The van der Waals surface area contributed by atoms with E-state index in [1.54, 1.807) is 18.4 Å². The lowest BCUT2D eigenvalue weighted by molar-refractivity contribution is 0.199. The molecule has 1 heterocycles. The first-order valence-electron chi connectivity index (χ1n) is 6.53. The average Bonchev–Trinajstić information content (AvgIpc) is 2.89. The van der Waals surface area contributed by atoms with Crippen molar-refractivity contribution in [1.82, 2.24) is 5.32 Å². The van der Waals surface area contributed by atoms with Gasteiger partial charge in [-0.1, -0.05) is 17.7 Å². The molecule has 114 valence electrons. The van der Waals surface area contributed by atoms with Crippen LogP contribution < -0.4 is 10.1 Å². The quantitative estimate of drug-likeness (QED) is 0.674. The van der Waals surface area contributed by atoms with Crippen molar-refractivity contribution < 1.29 is 9.47 Å². The van der Waals surface area contributed by atoms with Crippen LogP contribution in [0.2, 0.25) is 5.02 Å². The summed E-state index contributed by atoms with van der Waals surface area (Å²) in [6.07, 6.45) is 0. The Morgan fingerprint density at radius 2 is 2.24 bits per heavy atom. The van der Waals surface area contributed by atoms with Crippen LogP contribution in [-0.2, 0) is 17.9 Å². The first kappa shape index (κ1) is 16.8. The second-order valence-corrected chi connectivity index (χ2v) is 6.72. The van der Waals surface area contributed by atoms with E-state index < -0.39 is 0 Å². The average molecular weight is 391 g/mol. The van der Waals surface area contributed by atoms with E-state index in [0.717, 1.165) is 22.3 Å². The molecule has 1 aromatic carbocycles. The molecule has 2 rings (SSSR count). The molecule has 0 saturated heterocycles. The Morgan fingerprint density at radius 3 is 2.95 bits per heavy atom. The molecule has 0 fully saturated rings. The highest BCUT2D eigenvalue weighted by Crippen LogP contribution is 2.28. The number of methoxy groups -OCH3 is 1. The van der Waals surface area contributed by atoms with Crippen molar-refractivity contribution in [3.05, 3.63) is 49.6 Å². The minimum absolute atomic E-state index is 0.543. The summed E-state index contributed by atoms with van der Waals surface area (Å²) >= 11 is 11.4. The molecule has 0 radical (unpaired) electrons. The van der Waals surface area contributed by atoms with E-state index in [-0.39, 0.29) is 0 Å². The zero-order valence-electron chi connectivity index (χ0n) is 11.7. The Labute approximate surface area is 142 Å². The summed E-state index contributed by atoms with van der Waals surface area (Å²) in [5.74, 6) is 0.817. The van der Waals surface area contributed by atoms with E-state index in [1.807, 2.05) is 23.6 Å². The lowest BCUT2D eigenvalue weighted by atomic mass is 10.2. The van der Waals surface area contributed by atoms with Crippen molar-refractivity contribution in [2.75, 3.05) is 20.3 Å². The van der Waals surface area contributed by atoms with Crippen LogP contribution in [0, 0.1) is 0 Å². The first-order valence-corrected chi connectivity index (χ1v) is 8.58. The zero-order chi connectivity index (χ0) is 15.1. The summed E-state index contributed by atoms with van der Waals surface area (Å²) in [5, 5.41) is 6.05. The molecule has 0 saturated carbocycles. The van der Waals surface area contributed by atoms with Crippen LogP contribution in [0.3, 0.4) is 0 Å². The van der Waals surface area contributed by atoms with Gasteiger partial charge in [0.2, 0.25) is 0 Å². The van der Waals surface area contributed by atoms with Gasteiger partial charge in [0.1, 0.15) is 12.4 Å². The molecule has 0 aliphatic carbocycles. The molecule has 0 bridgehead atoms. The topological polar surface area (TPSA) is 30.5 Å². The van der Waals surface area contributed by atoms with E-state index in [2.05, 4.69) is 27.3 Å². The van der Waals surface area contributed by atoms with Crippen LogP contribution >= 0.6 is 38.9 Å². The molecule has 1 N–H and O–H groups in total. The number of rotatable bonds is 8. The minimum Gasteiger partial charge on any atom is -0.488 e. The number of benzene rings is 1. The number of hydrogen-bond donors (Lipinski definition) is 1. The van der Waals surface area contributed by atoms with Gasteiger partial charge >= 0.3 is 0 Å². The number of ether oxygens (including phenoxy) is 2. The van der Waals surface area contributed by atoms with E-state index >= 15 is 0 Å². The fourth-order valence-corrected chi connectivity index (χ4v) is 3.41. The number of nitrogens with one attached hydrogen (secondary N) is 1. The maximum absolute atomic E-state index is 6.27. The SMILES string of the molecule is COCCNCc1c(Cl)cccc1OCc1cc(Br)cs1. The van der Waals surface area contributed by atoms with Crippen molar-refractivity contribution >= 4 is 38.9 Å². The van der Waals surface area contributed by atoms with Gasteiger partial charge in [0.15, 0.2) is 0 Å². The summed E-state index contributed by atoms with van der Waals surface area (Å²) in [6, 6.07) is 7.79. The molecular formula is C15H17BrClNO2S. The lowest BCUT2D eigenvalue weighted by Crippen LogP contribution is -2.19. The fourth-order valence-electron chi connectivity index (χ4n) is 1.81. The van der Waals surface area contributed by atoms with E-state index in [1.165, 1.54) is 4.88 Å². The summed E-state index contributed by atoms with van der Waals surface area (Å²) in [4.78, 5) is 1.17. The monoisotopic (exact) mass is 389 g/mol. The highest BCUT2D eigenvalue weighted by atomic mass is 79.9. The van der Waals surface area contributed by atoms with Crippen molar-refractivity contribution in [3.63, 3.8) is 0 Å². The van der Waals surface area contributed by atoms with Gasteiger partial charge in [-0.15, -0.1) is 11.3 Å². The Kier molecular flexibility index (Phi) is 6.99. The van der Waals surface area contributed by atoms with Gasteiger partial charge in [-0.25, -0.2) is 0 Å². The third kappa shape index (κ3) is 5.27. The number of hydrogen-bond acceptors (Lipinski definition) is 4.